The molecule has 1 aromatic carbocycles. The number of likely N-dealkylation sites (tertiary alicyclic amines) is 1. The van der Waals surface area contributed by atoms with E-state index in [0.717, 1.165) is 52.3 Å². The molecule has 0 bridgehead atoms. The van der Waals surface area contributed by atoms with Crippen LogP contribution in [0.5, 0.6) is 0 Å². The summed E-state index contributed by atoms with van der Waals surface area (Å²) in [6.45, 7) is 9.96. The third-order valence-electron chi connectivity index (χ3n) is 5.15. The average Bonchev–Trinajstić information content (AvgIpc) is 3.13. The van der Waals surface area contributed by atoms with E-state index in [-0.39, 0.29) is 11.6 Å². The molecule has 2 N–H and O–H groups in total. The number of nitrogens with zero attached hydrogens (tertiary/aromatic N) is 4. The summed E-state index contributed by atoms with van der Waals surface area (Å²) in [4.78, 5) is 19.0. The molecule has 7 nitrogen and oxygen atoms in total. The van der Waals surface area contributed by atoms with Crippen molar-refractivity contribution in [3.63, 3.8) is 0 Å². The maximum atomic E-state index is 12.7. The standard InChI is InChI=1S/C22H28N6OS/c1-14-26-27-20(30-14)15-5-6-16-13-23-19(12-17(16)11-15)24-21(29)28-9-7-18(8-10-28)25-22(2,3)4/h5-6,11-13,18,25H,7-10H2,1-4H3,(H,23,24,29). The second-order valence-corrected chi connectivity index (χ2v) is 10.0. The molecule has 3 heterocycles. The van der Waals surface area contributed by atoms with Crippen LogP contribution in [0.15, 0.2) is 30.5 Å². The summed E-state index contributed by atoms with van der Waals surface area (Å²) in [5.41, 5.74) is 1.11. The number of hydrogen-bond donors (Lipinski definition) is 2. The van der Waals surface area contributed by atoms with Gasteiger partial charge in [0.2, 0.25) is 0 Å². The molecule has 1 fully saturated rings. The van der Waals surface area contributed by atoms with Crippen LogP contribution in [0.4, 0.5) is 10.6 Å². The monoisotopic (exact) mass is 424 g/mol. The topological polar surface area (TPSA) is 83.0 Å². The van der Waals surface area contributed by atoms with Gasteiger partial charge in [-0.25, -0.2) is 9.78 Å². The number of benzene rings is 1. The number of fused-ring (bicyclic) bond motifs is 1. The predicted octanol–water partition coefficient (Wildman–Crippen LogP) is 4.45. The molecule has 1 saturated heterocycles. The molecule has 1 aliphatic rings. The van der Waals surface area contributed by atoms with E-state index >= 15 is 0 Å². The van der Waals surface area contributed by atoms with Crippen molar-refractivity contribution in [3.8, 4) is 10.6 Å². The number of hydrogen-bond acceptors (Lipinski definition) is 6. The first-order valence-corrected chi connectivity index (χ1v) is 11.1. The van der Waals surface area contributed by atoms with Gasteiger partial charge >= 0.3 is 6.03 Å². The molecule has 0 spiro atoms. The molecule has 0 aliphatic carbocycles. The maximum absolute atomic E-state index is 12.7. The van der Waals surface area contributed by atoms with Crippen LogP contribution >= 0.6 is 11.3 Å². The number of urea groups is 1. The number of rotatable bonds is 3. The second kappa shape index (κ2) is 8.28. The quantitative estimate of drug-likeness (QED) is 0.649. The molecule has 158 valence electrons. The first kappa shape index (κ1) is 20.7. The van der Waals surface area contributed by atoms with E-state index in [1.807, 2.05) is 30.0 Å². The number of anilines is 1. The lowest BCUT2D eigenvalue weighted by Gasteiger charge is -2.36. The fraction of sp³-hybridized carbons (Fsp3) is 0.455. The average molecular weight is 425 g/mol. The highest BCUT2D eigenvalue weighted by Gasteiger charge is 2.25. The zero-order chi connectivity index (χ0) is 21.3. The number of carbonyl (C=O) groups is 1. The minimum absolute atomic E-state index is 0.0908. The van der Waals surface area contributed by atoms with Crippen molar-refractivity contribution in [2.45, 2.75) is 52.1 Å². The van der Waals surface area contributed by atoms with E-state index in [1.54, 1.807) is 17.5 Å². The Bertz CT molecular complexity index is 1050. The summed E-state index contributed by atoms with van der Waals surface area (Å²) in [5.74, 6) is 0.563. The summed E-state index contributed by atoms with van der Waals surface area (Å²) >= 11 is 1.57. The van der Waals surface area contributed by atoms with Crippen molar-refractivity contribution in [2.75, 3.05) is 18.4 Å². The molecular formula is C22H28N6OS. The van der Waals surface area contributed by atoms with Crippen LogP contribution in [0.25, 0.3) is 21.3 Å². The minimum atomic E-state index is -0.0908. The predicted molar refractivity (Wildman–Crippen MR) is 122 cm³/mol. The molecule has 0 saturated carbocycles. The van der Waals surface area contributed by atoms with E-state index in [2.05, 4.69) is 52.7 Å². The Morgan fingerprint density at radius 2 is 1.90 bits per heavy atom. The van der Waals surface area contributed by atoms with E-state index in [9.17, 15) is 4.79 Å². The van der Waals surface area contributed by atoms with Gasteiger partial charge in [0.25, 0.3) is 0 Å². The van der Waals surface area contributed by atoms with Gasteiger partial charge in [-0.05, 0) is 58.1 Å². The highest BCUT2D eigenvalue weighted by molar-refractivity contribution is 7.14. The van der Waals surface area contributed by atoms with E-state index in [1.165, 1.54) is 0 Å². The smallest absolute Gasteiger partial charge is 0.323 e. The zero-order valence-electron chi connectivity index (χ0n) is 17.9. The third-order valence-corrected chi connectivity index (χ3v) is 6.04. The first-order chi connectivity index (χ1) is 14.3. The van der Waals surface area contributed by atoms with Gasteiger partial charge in [-0.15, -0.1) is 10.2 Å². The molecule has 0 unspecified atom stereocenters. The van der Waals surface area contributed by atoms with Gasteiger partial charge in [-0.3, -0.25) is 5.32 Å². The van der Waals surface area contributed by atoms with Crippen molar-refractivity contribution in [2.24, 2.45) is 0 Å². The third kappa shape index (κ3) is 4.94. The summed E-state index contributed by atoms with van der Waals surface area (Å²) in [5, 5.41) is 18.8. The Hall–Kier alpha value is -2.58. The number of amides is 2. The zero-order valence-corrected chi connectivity index (χ0v) is 18.7. The molecule has 0 radical (unpaired) electrons. The Kier molecular flexibility index (Phi) is 5.71. The van der Waals surface area contributed by atoms with Crippen LogP contribution in [-0.2, 0) is 0 Å². The lowest BCUT2D eigenvalue weighted by atomic mass is 10.0. The van der Waals surface area contributed by atoms with Crippen LogP contribution in [0.3, 0.4) is 0 Å². The normalized spacial score (nSPS) is 15.5. The largest absolute Gasteiger partial charge is 0.324 e. The number of nitrogens with one attached hydrogen (secondary N) is 2. The van der Waals surface area contributed by atoms with Crippen LogP contribution < -0.4 is 10.6 Å². The summed E-state index contributed by atoms with van der Waals surface area (Å²) in [6.07, 6.45) is 3.71. The number of aromatic nitrogens is 3. The van der Waals surface area contributed by atoms with Crippen molar-refractivity contribution in [1.29, 1.82) is 0 Å². The number of aryl methyl sites for hydroxylation is 1. The lowest BCUT2D eigenvalue weighted by molar-refractivity contribution is 0.181. The van der Waals surface area contributed by atoms with Gasteiger partial charge in [0.15, 0.2) is 0 Å². The van der Waals surface area contributed by atoms with E-state index in [0.29, 0.717) is 11.9 Å². The fourth-order valence-corrected chi connectivity index (χ4v) is 4.47. The Balaban J connectivity index is 1.43. The Labute approximate surface area is 180 Å². The molecule has 1 aliphatic heterocycles. The number of pyridine rings is 1. The highest BCUT2D eigenvalue weighted by Crippen LogP contribution is 2.27. The van der Waals surface area contributed by atoms with Crippen molar-refractivity contribution in [1.82, 2.24) is 25.4 Å². The Morgan fingerprint density at radius 3 is 2.57 bits per heavy atom. The number of carbonyl (C=O) groups excluding carboxylic acids is 1. The molecule has 2 amide bonds. The molecule has 4 rings (SSSR count). The van der Waals surface area contributed by atoms with Crippen LogP contribution in [-0.4, -0.2) is 50.8 Å². The number of piperidine rings is 1. The molecule has 30 heavy (non-hydrogen) atoms. The van der Waals surface area contributed by atoms with Gasteiger partial charge in [0.1, 0.15) is 15.8 Å². The SMILES string of the molecule is Cc1nnc(-c2ccc3cnc(NC(=O)N4CCC(NC(C)(C)C)CC4)cc3c2)s1. The van der Waals surface area contributed by atoms with Gasteiger partial charge < -0.3 is 10.2 Å². The Morgan fingerprint density at radius 1 is 1.13 bits per heavy atom. The molecule has 8 heteroatoms. The van der Waals surface area contributed by atoms with Gasteiger partial charge in [0, 0.05) is 41.8 Å². The summed E-state index contributed by atoms with van der Waals surface area (Å²) in [6, 6.07) is 8.39. The van der Waals surface area contributed by atoms with Crippen LogP contribution in [0.1, 0.15) is 38.6 Å². The molecule has 3 aromatic rings. The van der Waals surface area contributed by atoms with Crippen molar-refractivity contribution in [3.05, 3.63) is 35.5 Å². The van der Waals surface area contributed by atoms with Crippen LogP contribution in [0.2, 0.25) is 0 Å². The van der Waals surface area contributed by atoms with E-state index < -0.39 is 0 Å². The van der Waals surface area contributed by atoms with Crippen LogP contribution in [0, 0.1) is 6.92 Å². The molecule has 2 aromatic heterocycles. The first-order valence-electron chi connectivity index (χ1n) is 10.3. The van der Waals surface area contributed by atoms with Gasteiger partial charge in [0.05, 0.1) is 0 Å². The van der Waals surface area contributed by atoms with Crippen molar-refractivity contribution >= 4 is 34.0 Å². The fourth-order valence-electron chi connectivity index (χ4n) is 3.78. The lowest BCUT2D eigenvalue weighted by Crippen LogP contribution is -2.51. The molecular weight excluding hydrogens is 396 g/mol. The minimum Gasteiger partial charge on any atom is -0.324 e. The van der Waals surface area contributed by atoms with Gasteiger partial charge in [-0.1, -0.05) is 23.5 Å². The van der Waals surface area contributed by atoms with E-state index in [4.69, 9.17) is 0 Å². The van der Waals surface area contributed by atoms with Gasteiger partial charge in [-0.2, -0.15) is 0 Å². The molecule has 0 atom stereocenters. The second-order valence-electron chi connectivity index (χ2n) is 8.84. The van der Waals surface area contributed by atoms with Crippen molar-refractivity contribution < 1.29 is 4.79 Å². The summed E-state index contributed by atoms with van der Waals surface area (Å²) in [7, 11) is 0. The summed E-state index contributed by atoms with van der Waals surface area (Å²) < 4.78 is 0. The maximum Gasteiger partial charge on any atom is 0.323 e. The highest BCUT2D eigenvalue weighted by atomic mass is 32.1.